The van der Waals surface area contributed by atoms with Gasteiger partial charge in [-0.3, -0.25) is 0 Å². The maximum atomic E-state index is 13.6. The molecular formula is C16H17F4NOS. The van der Waals surface area contributed by atoms with E-state index in [4.69, 9.17) is 10.5 Å². The topological polar surface area (TPSA) is 35.2 Å². The number of ether oxygens (including phenoxy) is 1. The molecule has 0 radical (unpaired) electrons. The van der Waals surface area contributed by atoms with Crippen LogP contribution in [0.2, 0.25) is 0 Å². The fourth-order valence-electron chi connectivity index (χ4n) is 2.17. The van der Waals surface area contributed by atoms with E-state index in [9.17, 15) is 17.6 Å². The van der Waals surface area contributed by atoms with Crippen molar-refractivity contribution >= 4 is 11.3 Å². The van der Waals surface area contributed by atoms with Crippen molar-refractivity contribution in [1.29, 1.82) is 0 Å². The van der Waals surface area contributed by atoms with Crippen LogP contribution in [0.4, 0.5) is 17.6 Å². The maximum absolute atomic E-state index is 13.6. The average Bonchev–Trinajstić information content (AvgIpc) is 2.99. The van der Waals surface area contributed by atoms with Crippen LogP contribution in [0.3, 0.4) is 0 Å². The van der Waals surface area contributed by atoms with Gasteiger partial charge >= 0.3 is 6.18 Å². The molecule has 0 aliphatic heterocycles. The molecule has 0 aliphatic rings. The summed E-state index contributed by atoms with van der Waals surface area (Å²) in [5.74, 6) is -1.25. The van der Waals surface area contributed by atoms with Gasteiger partial charge in [-0.25, -0.2) is 4.39 Å². The summed E-state index contributed by atoms with van der Waals surface area (Å²) in [7, 11) is 0. The smallest absolute Gasteiger partial charge is 0.419 e. The summed E-state index contributed by atoms with van der Waals surface area (Å²) in [6, 6.07) is 6.39. The van der Waals surface area contributed by atoms with Gasteiger partial charge in [-0.05, 0) is 49.4 Å². The van der Waals surface area contributed by atoms with E-state index in [2.05, 4.69) is 0 Å². The van der Waals surface area contributed by atoms with Crippen LogP contribution in [0.25, 0.3) is 0 Å². The van der Waals surface area contributed by atoms with Gasteiger partial charge in [0.2, 0.25) is 0 Å². The molecule has 2 nitrogen and oxygen atoms in total. The first-order valence-corrected chi connectivity index (χ1v) is 8.06. The summed E-state index contributed by atoms with van der Waals surface area (Å²) in [5, 5.41) is 1.89. The second-order valence-corrected chi connectivity index (χ2v) is 6.03. The Hall–Kier alpha value is -1.60. The minimum atomic E-state index is -4.71. The largest absolute Gasteiger partial charge is 0.485 e. The molecule has 1 aromatic heterocycles. The molecule has 23 heavy (non-hydrogen) atoms. The average molecular weight is 347 g/mol. The Labute approximate surface area is 135 Å². The zero-order chi connectivity index (χ0) is 16.9. The number of rotatable bonds is 7. The van der Waals surface area contributed by atoms with Crippen molar-refractivity contribution < 1.29 is 22.3 Å². The van der Waals surface area contributed by atoms with Crippen LogP contribution in [0.1, 0.15) is 35.8 Å². The first-order valence-electron chi connectivity index (χ1n) is 7.18. The van der Waals surface area contributed by atoms with Crippen LogP contribution in [0, 0.1) is 5.82 Å². The Morgan fingerprint density at radius 1 is 1.17 bits per heavy atom. The molecule has 0 aliphatic carbocycles. The second-order valence-electron chi connectivity index (χ2n) is 5.05. The van der Waals surface area contributed by atoms with Crippen LogP contribution in [0.5, 0.6) is 5.75 Å². The van der Waals surface area contributed by atoms with Crippen molar-refractivity contribution in [2.75, 3.05) is 6.54 Å². The van der Waals surface area contributed by atoms with Crippen molar-refractivity contribution in [2.24, 2.45) is 5.73 Å². The lowest BCUT2D eigenvalue weighted by atomic mass is 10.1. The summed E-state index contributed by atoms with van der Waals surface area (Å²) >= 11 is 1.49. The molecule has 1 aromatic carbocycles. The van der Waals surface area contributed by atoms with E-state index in [0.717, 1.165) is 29.9 Å². The normalized spacial score (nSPS) is 13.1. The Balaban J connectivity index is 2.14. The highest BCUT2D eigenvalue weighted by molar-refractivity contribution is 7.10. The van der Waals surface area contributed by atoms with Gasteiger partial charge in [-0.15, -0.1) is 11.3 Å². The first kappa shape index (κ1) is 17.7. The molecule has 0 bridgehead atoms. The van der Waals surface area contributed by atoms with Crippen LogP contribution >= 0.6 is 11.3 Å². The SMILES string of the molecule is NCCCCC(Oc1ccc(C(F)(F)F)c(F)c1)c1cccs1. The number of hydrogen-bond donors (Lipinski definition) is 1. The Bertz CT molecular complexity index is 613. The molecule has 2 aromatic rings. The Kier molecular flexibility index (Phi) is 6.01. The van der Waals surface area contributed by atoms with Crippen LogP contribution in [-0.4, -0.2) is 6.54 Å². The van der Waals surface area contributed by atoms with Gasteiger partial charge in [0.05, 0.1) is 5.56 Å². The van der Waals surface area contributed by atoms with Gasteiger partial charge in [0.1, 0.15) is 17.7 Å². The predicted molar refractivity (Wildman–Crippen MR) is 82.0 cm³/mol. The third-order valence-electron chi connectivity index (χ3n) is 3.31. The van der Waals surface area contributed by atoms with Crippen molar-refractivity contribution in [3.63, 3.8) is 0 Å². The molecule has 2 N–H and O–H groups in total. The number of unbranched alkanes of at least 4 members (excludes halogenated alkanes) is 1. The summed E-state index contributed by atoms with van der Waals surface area (Å²) in [6.07, 6.45) is -2.72. The van der Waals surface area contributed by atoms with E-state index >= 15 is 0 Å². The molecular weight excluding hydrogens is 330 g/mol. The van der Waals surface area contributed by atoms with Crippen molar-refractivity contribution in [2.45, 2.75) is 31.5 Å². The van der Waals surface area contributed by atoms with Crippen LogP contribution < -0.4 is 10.5 Å². The third kappa shape index (κ3) is 4.94. The lowest BCUT2D eigenvalue weighted by Gasteiger charge is -2.19. The standard InChI is InChI=1S/C16H17F4NOS/c17-13-10-11(6-7-12(13)16(18,19)20)22-14(4-1-2-8-21)15-5-3-9-23-15/h3,5-7,9-10,14H,1-2,4,8,21H2. The van der Waals surface area contributed by atoms with Crippen LogP contribution in [-0.2, 0) is 6.18 Å². The van der Waals surface area contributed by atoms with Gasteiger partial charge in [0.15, 0.2) is 0 Å². The van der Waals surface area contributed by atoms with Gasteiger partial charge in [-0.1, -0.05) is 6.07 Å². The molecule has 7 heteroatoms. The molecule has 0 amide bonds. The molecule has 0 spiro atoms. The minimum absolute atomic E-state index is 0.0849. The number of alkyl halides is 3. The van der Waals surface area contributed by atoms with E-state index < -0.39 is 17.6 Å². The highest BCUT2D eigenvalue weighted by atomic mass is 32.1. The Morgan fingerprint density at radius 3 is 2.52 bits per heavy atom. The fourth-order valence-corrected chi connectivity index (χ4v) is 2.96. The van der Waals surface area contributed by atoms with Crippen molar-refractivity contribution in [3.05, 3.63) is 52.0 Å². The molecule has 0 saturated heterocycles. The quantitative estimate of drug-likeness (QED) is 0.555. The van der Waals surface area contributed by atoms with E-state index in [1.807, 2.05) is 17.5 Å². The summed E-state index contributed by atoms with van der Waals surface area (Å²) in [4.78, 5) is 0.947. The maximum Gasteiger partial charge on any atom is 0.419 e. The predicted octanol–water partition coefficient (Wildman–Crippen LogP) is 5.16. The number of nitrogens with two attached hydrogens (primary N) is 1. The molecule has 0 saturated carbocycles. The number of benzene rings is 1. The summed E-state index contributed by atoms with van der Waals surface area (Å²) in [6.45, 7) is 0.562. The summed E-state index contributed by atoms with van der Waals surface area (Å²) < 4.78 is 57.1. The van der Waals surface area contributed by atoms with Gasteiger partial charge in [0, 0.05) is 10.9 Å². The van der Waals surface area contributed by atoms with E-state index in [0.29, 0.717) is 19.0 Å². The third-order valence-corrected chi connectivity index (χ3v) is 4.27. The fraction of sp³-hybridized carbons (Fsp3) is 0.375. The monoisotopic (exact) mass is 347 g/mol. The first-order chi connectivity index (χ1) is 10.9. The number of hydrogen-bond acceptors (Lipinski definition) is 3. The minimum Gasteiger partial charge on any atom is -0.485 e. The van der Waals surface area contributed by atoms with Crippen molar-refractivity contribution in [3.8, 4) is 5.75 Å². The number of thiophene rings is 1. The highest BCUT2D eigenvalue weighted by Crippen LogP contribution is 2.35. The van der Waals surface area contributed by atoms with E-state index in [-0.39, 0.29) is 11.9 Å². The zero-order valence-corrected chi connectivity index (χ0v) is 13.1. The molecule has 126 valence electrons. The molecule has 2 rings (SSSR count). The molecule has 1 atom stereocenters. The molecule has 1 heterocycles. The Morgan fingerprint density at radius 2 is 1.96 bits per heavy atom. The molecule has 1 unspecified atom stereocenters. The number of halogens is 4. The van der Waals surface area contributed by atoms with Crippen LogP contribution in [0.15, 0.2) is 35.7 Å². The lowest BCUT2D eigenvalue weighted by Crippen LogP contribution is -2.10. The van der Waals surface area contributed by atoms with Gasteiger partial charge in [0.25, 0.3) is 0 Å². The summed E-state index contributed by atoms with van der Waals surface area (Å²) in [5.41, 5.74) is 4.18. The second kappa shape index (κ2) is 7.79. The van der Waals surface area contributed by atoms with Gasteiger partial charge in [-0.2, -0.15) is 13.2 Å². The van der Waals surface area contributed by atoms with E-state index in [1.54, 1.807) is 0 Å². The van der Waals surface area contributed by atoms with Gasteiger partial charge < -0.3 is 10.5 Å². The van der Waals surface area contributed by atoms with E-state index in [1.165, 1.54) is 11.3 Å². The lowest BCUT2D eigenvalue weighted by molar-refractivity contribution is -0.140. The zero-order valence-electron chi connectivity index (χ0n) is 12.3. The van der Waals surface area contributed by atoms with Crippen molar-refractivity contribution in [1.82, 2.24) is 0 Å². The highest BCUT2D eigenvalue weighted by Gasteiger charge is 2.34. The molecule has 0 fully saturated rings.